The molecule has 1 fully saturated rings. The summed E-state index contributed by atoms with van der Waals surface area (Å²) in [4.78, 5) is 19.8. The van der Waals surface area contributed by atoms with Crippen LogP contribution in [0.4, 0.5) is 0 Å². The van der Waals surface area contributed by atoms with Gasteiger partial charge in [0.2, 0.25) is 0 Å². The van der Waals surface area contributed by atoms with Crippen LogP contribution in [-0.2, 0) is 18.2 Å². The second kappa shape index (κ2) is 6.88. The number of hydrogen-bond acceptors (Lipinski definition) is 4. The molecule has 0 N–H and O–H groups in total. The first kappa shape index (κ1) is 16.7. The molecule has 26 heavy (non-hydrogen) atoms. The number of amides is 1. The van der Waals surface area contributed by atoms with Crippen molar-refractivity contribution in [3.63, 3.8) is 0 Å². The Morgan fingerprint density at radius 1 is 1.27 bits per heavy atom. The van der Waals surface area contributed by atoms with Crippen LogP contribution in [0.1, 0.15) is 23.1 Å². The molecular formula is C20H22N4O2. The Morgan fingerprint density at radius 2 is 2.08 bits per heavy atom. The van der Waals surface area contributed by atoms with Gasteiger partial charge in [-0.2, -0.15) is 5.10 Å². The zero-order valence-electron chi connectivity index (χ0n) is 15.1. The largest absolute Gasteiger partial charge is 0.378 e. The number of fused-ring (bicyclic) bond motifs is 1. The minimum Gasteiger partial charge on any atom is -0.378 e. The summed E-state index contributed by atoms with van der Waals surface area (Å²) in [6.45, 7) is 4.42. The summed E-state index contributed by atoms with van der Waals surface area (Å²) < 4.78 is 7.16. The van der Waals surface area contributed by atoms with Crippen LogP contribution in [0.2, 0.25) is 0 Å². The summed E-state index contributed by atoms with van der Waals surface area (Å²) in [5.41, 5.74) is 3.43. The van der Waals surface area contributed by atoms with Gasteiger partial charge >= 0.3 is 0 Å². The molecule has 1 aliphatic heterocycles. The van der Waals surface area contributed by atoms with Crippen LogP contribution in [0.3, 0.4) is 0 Å². The fourth-order valence-corrected chi connectivity index (χ4v) is 3.42. The Labute approximate surface area is 152 Å². The smallest absolute Gasteiger partial charge is 0.273 e. The van der Waals surface area contributed by atoms with Gasteiger partial charge in [0.25, 0.3) is 5.91 Å². The predicted molar refractivity (Wildman–Crippen MR) is 100 cm³/mol. The number of morpholine rings is 1. The topological polar surface area (TPSA) is 60.2 Å². The van der Waals surface area contributed by atoms with Gasteiger partial charge in [-0.3, -0.25) is 9.48 Å². The highest BCUT2D eigenvalue weighted by Crippen LogP contribution is 2.31. The minimum absolute atomic E-state index is 0.0232. The van der Waals surface area contributed by atoms with E-state index < -0.39 is 0 Å². The third-order valence-corrected chi connectivity index (χ3v) is 4.79. The van der Waals surface area contributed by atoms with Crippen LogP contribution in [0.15, 0.2) is 36.7 Å². The van der Waals surface area contributed by atoms with Gasteiger partial charge in [0.1, 0.15) is 5.69 Å². The fraction of sp³-hybridized carbons (Fsp3) is 0.350. The molecule has 0 aliphatic carbocycles. The van der Waals surface area contributed by atoms with E-state index in [1.54, 1.807) is 4.68 Å². The number of nitrogens with zero attached hydrogens (tertiary/aromatic N) is 4. The van der Waals surface area contributed by atoms with Gasteiger partial charge < -0.3 is 9.64 Å². The summed E-state index contributed by atoms with van der Waals surface area (Å²) in [6, 6.07) is 8.17. The van der Waals surface area contributed by atoms with Crippen molar-refractivity contribution >= 4 is 16.7 Å². The highest BCUT2D eigenvalue weighted by Gasteiger charge is 2.24. The maximum Gasteiger partial charge on any atom is 0.273 e. The molecule has 6 nitrogen and oxygen atoms in total. The van der Waals surface area contributed by atoms with E-state index in [1.165, 1.54) is 0 Å². The molecule has 0 spiro atoms. The molecule has 3 heterocycles. The van der Waals surface area contributed by atoms with Gasteiger partial charge in [-0.15, -0.1) is 0 Å². The molecule has 6 heteroatoms. The molecule has 1 aliphatic rings. The lowest BCUT2D eigenvalue weighted by molar-refractivity contribution is 0.0300. The molecule has 1 saturated heterocycles. The number of pyridine rings is 1. The van der Waals surface area contributed by atoms with E-state index in [-0.39, 0.29) is 5.91 Å². The van der Waals surface area contributed by atoms with E-state index in [1.807, 2.05) is 42.5 Å². The monoisotopic (exact) mass is 350 g/mol. The fourth-order valence-electron chi connectivity index (χ4n) is 3.42. The van der Waals surface area contributed by atoms with Crippen LogP contribution in [-0.4, -0.2) is 51.9 Å². The molecule has 0 bridgehead atoms. The molecule has 2 aromatic heterocycles. The second-order valence-corrected chi connectivity index (χ2v) is 6.53. The van der Waals surface area contributed by atoms with Gasteiger partial charge in [0, 0.05) is 43.0 Å². The van der Waals surface area contributed by atoms with Crippen molar-refractivity contribution in [3.05, 3.63) is 48.0 Å². The van der Waals surface area contributed by atoms with E-state index in [0.29, 0.717) is 32.0 Å². The molecule has 1 amide bonds. The number of aromatic nitrogens is 3. The Morgan fingerprint density at radius 3 is 2.77 bits per heavy atom. The first-order chi connectivity index (χ1) is 12.7. The maximum absolute atomic E-state index is 13.3. The van der Waals surface area contributed by atoms with E-state index in [0.717, 1.165) is 34.0 Å². The Bertz CT molecular complexity index is 958. The van der Waals surface area contributed by atoms with Gasteiger partial charge in [-0.1, -0.05) is 25.1 Å². The lowest BCUT2D eigenvalue weighted by atomic mass is 9.97. The third kappa shape index (κ3) is 2.97. The van der Waals surface area contributed by atoms with E-state index in [4.69, 9.17) is 9.72 Å². The van der Waals surface area contributed by atoms with Gasteiger partial charge in [0.15, 0.2) is 0 Å². The number of carbonyl (C=O) groups excluding carboxylic acids is 1. The van der Waals surface area contributed by atoms with Crippen LogP contribution in [0.5, 0.6) is 0 Å². The predicted octanol–water partition coefficient (Wildman–Crippen LogP) is 2.67. The minimum atomic E-state index is -0.0232. The number of benzene rings is 1. The summed E-state index contributed by atoms with van der Waals surface area (Å²) in [5, 5.41) is 6.22. The van der Waals surface area contributed by atoms with Crippen molar-refractivity contribution in [1.29, 1.82) is 0 Å². The zero-order valence-corrected chi connectivity index (χ0v) is 15.1. The first-order valence-electron chi connectivity index (χ1n) is 8.96. The molecular weight excluding hydrogens is 328 g/mol. The normalized spacial score (nSPS) is 14.8. The second-order valence-electron chi connectivity index (χ2n) is 6.53. The highest BCUT2D eigenvalue weighted by atomic mass is 16.5. The van der Waals surface area contributed by atoms with Crippen molar-refractivity contribution < 1.29 is 9.53 Å². The summed E-state index contributed by atoms with van der Waals surface area (Å²) in [7, 11) is 1.89. The van der Waals surface area contributed by atoms with E-state index in [2.05, 4.69) is 18.1 Å². The van der Waals surface area contributed by atoms with Crippen LogP contribution < -0.4 is 0 Å². The summed E-state index contributed by atoms with van der Waals surface area (Å²) in [5.74, 6) is -0.0232. The van der Waals surface area contributed by atoms with Crippen LogP contribution in [0, 0.1) is 0 Å². The molecule has 0 atom stereocenters. The third-order valence-electron chi connectivity index (χ3n) is 4.79. The number of aryl methyl sites for hydroxylation is 2. The SMILES string of the molecule is CCc1cc2cccc(-c3cnn(C)c3)c2c(C(=O)N2CCOCC2)n1. The summed E-state index contributed by atoms with van der Waals surface area (Å²) >= 11 is 0. The van der Waals surface area contributed by atoms with Crippen molar-refractivity contribution in [2.75, 3.05) is 26.3 Å². The molecule has 134 valence electrons. The average molecular weight is 350 g/mol. The van der Waals surface area contributed by atoms with Gasteiger partial charge in [-0.25, -0.2) is 4.98 Å². The molecule has 0 saturated carbocycles. The number of carbonyl (C=O) groups is 1. The molecule has 0 radical (unpaired) electrons. The van der Waals surface area contributed by atoms with Crippen molar-refractivity contribution in [1.82, 2.24) is 19.7 Å². The van der Waals surface area contributed by atoms with Crippen molar-refractivity contribution in [3.8, 4) is 11.1 Å². The van der Waals surface area contributed by atoms with Crippen LogP contribution >= 0.6 is 0 Å². The maximum atomic E-state index is 13.3. The number of ether oxygens (including phenoxy) is 1. The average Bonchev–Trinajstić information content (AvgIpc) is 3.12. The molecule has 4 rings (SSSR count). The van der Waals surface area contributed by atoms with Gasteiger partial charge in [0.05, 0.1) is 19.4 Å². The van der Waals surface area contributed by atoms with Crippen molar-refractivity contribution in [2.45, 2.75) is 13.3 Å². The van der Waals surface area contributed by atoms with Crippen molar-refractivity contribution in [2.24, 2.45) is 7.05 Å². The molecule has 0 unspecified atom stereocenters. The van der Waals surface area contributed by atoms with E-state index >= 15 is 0 Å². The summed E-state index contributed by atoms with van der Waals surface area (Å²) in [6.07, 6.45) is 4.58. The number of rotatable bonds is 3. The Hall–Kier alpha value is -2.73. The van der Waals surface area contributed by atoms with E-state index in [9.17, 15) is 4.79 Å². The Balaban J connectivity index is 1.92. The first-order valence-corrected chi connectivity index (χ1v) is 8.96. The van der Waals surface area contributed by atoms with Gasteiger partial charge in [-0.05, 0) is 23.4 Å². The standard InChI is InChI=1S/C20H22N4O2/c1-3-16-11-14-5-4-6-17(15-12-21-23(2)13-15)18(14)19(22-16)20(25)24-7-9-26-10-8-24/h4-6,11-13H,3,7-10H2,1-2H3. The quantitative estimate of drug-likeness (QED) is 0.729. The van der Waals surface area contributed by atoms with Crippen LogP contribution in [0.25, 0.3) is 21.9 Å². The highest BCUT2D eigenvalue weighted by molar-refractivity contribution is 6.11. The lowest BCUT2D eigenvalue weighted by Crippen LogP contribution is -2.41. The lowest BCUT2D eigenvalue weighted by Gasteiger charge is -2.27. The zero-order chi connectivity index (χ0) is 18.1. The molecule has 3 aromatic rings. The molecule has 1 aromatic carbocycles. The number of hydrogen-bond donors (Lipinski definition) is 0. The Kier molecular flexibility index (Phi) is 4.42.